The normalized spacial score (nSPS) is 15.3. The van der Waals surface area contributed by atoms with Crippen LogP contribution in [0.25, 0.3) is 0 Å². The first-order valence-corrected chi connectivity index (χ1v) is 5.82. The van der Waals surface area contributed by atoms with E-state index < -0.39 is 6.09 Å². The topological polar surface area (TPSA) is 76.6 Å². The number of halogens is 1. The molecule has 0 aliphatic carbocycles. The molecule has 7 nitrogen and oxygen atoms in total. The van der Waals surface area contributed by atoms with Gasteiger partial charge in [-0.05, 0) is 0 Å². The van der Waals surface area contributed by atoms with E-state index in [2.05, 4.69) is 15.3 Å². The molecule has 1 aromatic heterocycles. The summed E-state index contributed by atoms with van der Waals surface area (Å²) in [5.41, 5.74) is 0. The Labute approximate surface area is 109 Å². The van der Waals surface area contributed by atoms with Gasteiger partial charge in [-0.2, -0.15) is 4.98 Å². The zero-order chi connectivity index (χ0) is 13.0. The average Bonchev–Trinajstić information content (AvgIpc) is 2.40. The highest BCUT2D eigenvalue weighted by Crippen LogP contribution is 2.30. The number of aromatic nitrogens is 2. The first-order chi connectivity index (χ1) is 8.72. The molecule has 0 atom stereocenters. The minimum Gasteiger partial charge on any atom is -0.489 e. The van der Waals surface area contributed by atoms with Crippen LogP contribution in [0, 0.1) is 0 Å². The Morgan fingerprint density at radius 1 is 1.44 bits per heavy atom. The van der Waals surface area contributed by atoms with Crippen molar-refractivity contribution in [2.75, 3.05) is 33.3 Å². The summed E-state index contributed by atoms with van der Waals surface area (Å²) >= 11 is 5.81. The molecule has 1 fully saturated rings. The fraction of sp³-hybridized carbons (Fsp3) is 0.500. The average molecular weight is 273 g/mol. The van der Waals surface area contributed by atoms with Gasteiger partial charge in [-0.25, -0.2) is 9.78 Å². The summed E-state index contributed by atoms with van der Waals surface area (Å²) in [7, 11) is 1.41. The van der Waals surface area contributed by atoms with Crippen molar-refractivity contribution in [1.82, 2.24) is 20.2 Å². The molecule has 98 valence electrons. The highest BCUT2D eigenvalue weighted by atomic mass is 35.5. The smallest absolute Gasteiger partial charge is 0.416 e. The molecule has 0 spiro atoms. The molecule has 1 aromatic rings. The number of hydrogen-bond acceptors (Lipinski definition) is 6. The van der Waals surface area contributed by atoms with Gasteiger partial charge in [0.1, 0.15) is 6.33 Å². The number of amides is 1. The van der Waals surface area contributed by atoms with Crippen molar-refractivity contribution in [3.8, 4) is 11.6 Å². The molecule has 18 heavy (non-hydrogen) atoms. The minimum atomic E-state index is -0.468. The van der Waals surface area contributed by atoms with Crippen LogP contribution in [-0.4, -0.2) is 54.2 Å². The quantitative estimate of drug-likeness (QED) is 0.792. The van der Waals surface area contributed by atoms with Crippen LogP contribution >= 0.6 is 11.6 Å². The Hall–Kier alpha value is -1.60. The molecule has 0 saturated carbocycles. The molecule has 2 rings (SSSR count). The molecule has 0 radical (unpaired) electrons. The van der Waals surface area contributed by atoms with Crippen molar-refractivity contribution in [3.05, 3.63) is 11.5 Å². The van der Waals surface area contributed by atoms with Crippen molar-refractivity contribution in [1.29, 1.82) is 0 Å². The molecule has 1 amide bonds. The predicted molar refractivity (Wildman–Crippen MR) is 64.1 cm³/mol. The largest absolute Gasteiger partial charge is 0.489 e. The van der Waals surface area contributed by atoms with Gasteiger partial charge in [0.15, 0.2) is 5.15 Å². The SMILES string of the molecule is COc1c(Cl)ncnc1OC(=O)N1CCNCC1. The number of methoxy groups -OCH3 is 1. The molecule has 2 heterocycles. The van der Waals surface area contributed by atoms with Crippen LogP contribution in [0.2, 0.25) is 5.15 Å². The Kier molecular flexibility index (Phi) is 4.16. The Morgan fingerprint density at radius 2 is 2.17 bits per heavy atom. The van der Waals surface area contributed by atoms with E-state index in [0.29, 0.717) is 13.1 Å². The first kappa shape index (κ1) is 12.8. The van der Waals surface area contributed by atoms with Crippen LogP contribution in [-0.2, 0) is 0 Å². The second-order valence-electron chi connectivity index (χ2n) is 3.61. The number of nitrogens with one attached hydrogen (secondary N) is 1. The molecular formula is C10H13ClN4O3. The van der Waals surface area contributed by atoms with Gasteiger partial charge in [0.25, 0.3) is 5.88 Å². The van der Waals surface area contributed by atoms with Crippen LogP contribution in [0.4, 0.5) is 4.79 Å². The lowest BCUT2D eigenvalue weighted by atomic mass is 10.4. The van der Waals surface area contributed by atoms with Crippen LogP contribution < -0.4 is 14.8 Å². The summed E-state index contributed by atoms with van der Waals surface area (Å²) in [6, 6.07) is 0. The van der Waals surface area contributed by atoms with Crippen molar-refractivity contribution < 1.29 is 14.3 Å². The van der Waals surface area contributed by atoms with E-state index in [1.54, 1.807) is 4.90 Å². The van der Waals surface area contributed by atoms with E-state index in [-0.39, 0.29) is 16.8 Å². The fourth-order valence-electron chi connectivity index (χ4n) is 1.58. The minimum absolute atomic E-state index is 0.0287. The van der Waals surface area contributed by atoms with Crippen LogP contribution in [0.1, 0.15) is 0 Å². The highest BCUT2D eigenvalue weighted by molar-refractivity contribution is 6.31. The van der Waals surface area contributed by atoms with Crippen molar-refractivity contribution in [3.63, 3.8) is 0 Å². The maximum atomic E-state index is 11.9. The highest BCUT2D eigenvalue weighted by Gasteiger charge is 2.21. The molecule has 0 unspecified atom stereocenters. The summed E-state index contributed by atoms with van der Waals surface area (Å²) in [6.07, 6.45) is 0.746. The molecule has 1 aliphatic heterocycles. The summed E-state index contributed by atoms with van der Waals surface area (Å²) in [4.78, 5) is 21.0. The van der Waals surface area contributed by atoms with Crippen molar-refractivity contribution in [2.24, 2.45) is 0 Å². The second-order valence-corrected chi connectivity index (χ2v) is 3.97. The Morgan fingerprint density at radius 3 is 2.83 bits per heavy atom. The van der Waals surface area contributed by atoms with Crippen LogP contribution in [0.5, 0.6) is 11.6 Å². The van der Waals surface area contributed by atoms with Gasteiger partial charge in [-0.1, -0.05) is 11.6 Å². The van der Waals surface area contributed by atoms with Crippen molar-refractivity contribution in [2.45, 2.75) is 0 Å². The fourth-order valence-corrected chi connectivity index (χ4v) is 1.78. The van der Waals surface area contributed by atoms with E-state index in [9.17, 15) is 4.79 Å². The van der Waals surface area contributed by atoms with Gasteiger partial charge in [0, 0.05) is 26.2 Å². The van der Waals surface area contributed by atoms with E-state index in [1.165, 1.54) is 13.4 Å². The Balaban J connectivity index is 2.08. The van der Waals surface area contributed by atoms with Gasteiger partial charge in [0.05, 0.1) is 7.11 Å². The first-order valence-electron chi connectivity index (χ1n) is 5.44. The van der Waals surface area contributed by atoms with Crippen LogP contribution in [0.15, 0.2) is 6.33 Å². The molecule has 0 bridgehead atoms. The van der Waals surface area contributed by atoms with Gasteiger partial charge < -0.3 is 19.7 Å². The third kappa shape index (κ3) is 2.80. The molecular weight excluding hydrogens is 260 g/mol. The van der Waals surface area contributed by atoms with Gasteiger partial charge in [-0.15, -0.1) is 0 Å². The van der Waals surface area contributed by atoms with Crippen LogP contribution in [0.3, 0.4) is 0 Å². The maximum absolute atomic E-state index is 11.9. The summed E-state index contributed by atoms with van der Waals surface area (Å²) in [6.45, 7) is 2.69. The third-order valence-electron chi connectivity index (χ3n) is 2.49. The predicted octanol–water partition coefficient (Wildman–Crippen LogP) is 0.543. The van der Waals surface area contributed by atoms with Gasteiger partial charge in [0.2, 0.25) is 5.75 Å². The van der Waals surface area contributed by atoms with E-state index in [4.69, 9.17) is 21.1 Å². The number of piperazine rings is 1. The summed E-state index contributed by atoms with van der Waals surface area (Å²) in [5.74, 6) is 0.184. The lowest BCUT2D eigenvalue weighted by Gasteiger charge is -2.26. The number of rotatable bonds is 2. The number of ether oxygens (including phenoxy) is 2. The third-order valence-corrected chi connectivity index (χ3v) is 2.76. The van der Waals surface area contributed by atoms with Crippen molar-refractivity contribution >= 4 is 17.7 Å². The molecule has 1 aliphatic rings. The zero-order valence-electron chi connectivity index (χ0n) is 9.85. The number of carbonyl (C=O) groups is 1. The van der Waals surface area contributed by atoms with E-state index >= 15 is 0 Å². The van der Waals surface area contributed by atoms with Gasteiger partial charge in [-0.3, -0.25) is 0 Å². The number of nitrogens with zero attached hydrogens (tertiary/aromatic N) is 3. The monoisotopic (exact) mass is 272 g/mol. The molecule has 0 aromatic carbocycles. The lowest BCUT2D eigenvalue weighted by molar-refractivity contribution is 0.142. The standard InChI is InChI=1S/C10H13ClN4O3/c1-17-7-8(11)13-6-14-9(7)18-10(16)15-4-2-12-3-5-15/h6,12H,2-5H2,1H3. The number of carbonyl (C=O) groups excluding carboxylic acids is 1. The second kappa shape index (κ2) is 5.83. The molecule has 1 N–H and O–H groups in total. The zero-order valence-corrected chi connectivity index (χ0v) is 10.6. The number of hydrogen-bond donors (Lipinski definition) is 1. The molecule has 1 saturated heterocycles. The summed E-state index contributed by atoms with van der Waals surface area (Å²) < 4.78 is 10.2. The van der Waals surface area contributed by atoms with Gasteiger partial charge >= 0.3 is 6.09 Å². The Bertz CT molecular complexity index is 437. The maximum Gasteiger partial charge on any atom is 0.416 e. The lowest BCUT2D eigenvalue weighted by Crippen LogP contribution is -2.47. The summed E-state index contributed by atoms with van der Waals surface area (Å²) in [5, 5.41) is 3.25. The van der Waals surface area contributed by atoms with E-state index in [1.807, 2.05) is 0 Å². The van der Waals surface area contributed by atoms with E-state index in [0.717, 1.165) is 13.1 Å². The molecule has 8 heteroatoms.